The Morgan fingerprint density at radius 2 is 2.00 bits per heavy atom. The van der Waals surface area contributed by atoms with Crippen molar-refractivity contribution in [3.05, 3.63) is 0 Å². The zero-order valence-electron chi connectivity index (χ0n) is 10.6. The summed E-state index contributed by atoms with van der Waals surface area (Å²) in [7, 11) is 1.81. The lowest BCUT2D eigenvalue weighted by Crippen LogP contribution is -2.47. The minimum atomic E-state index is -0.352. The van der Waals surface area contributed by atoms with Crippen molar-refractivity contribution in [2.45, 2.75) is 63.1 Å². The van der Waals surface area contributed by atoms with Gasteiger partial charge in [-0.15, -0.1) is 0 Å². The molecule has 0 aliphatic heterocycles. The fourth-order valence-corrected chi connectivity index (χ4v) is 2.77. The minimum Gasteiger partial charge on any atom is -0.391 e. The van der Waals surface area contributed by atoms with Gasteiger partial charge in [-0.25, -0.2) is 0 Å². The Hall–Kier alpha value is -0.610. The SMILES string of the molecule is CN(C(=O)CC(N)C1CC1)C1CCCCC1O. The molecular weight excluding hydrogens is 216 g/mol. The molecule has 0 saturated heterocycles. The Morgan fingerprint density at radius 3 is 2.59 bits per heavy atom. The van der Waals surface area contributed by atoms with Gasteiger partial charge < -0.3 is 15.7 Å². The second-order valence-electron chi connectivity index (χ2n) is 5.63. The number of hydrogen-bond donors (Lipinski definition) is 2. The molecule has 1 amide bonds. The maximum absolute atomic E-state index is 12.1. The molecule has 98 valence electrons. The van der Waals surface area contributed by atoms with Gasteiger partial charge in [0.2, 0.25) is 5.91 Å². The first-order valence-corrected chi connectivity index (χ1v) is 6.79. The van der Waals surface area contributed by atoms with E-state index in [2.05, 4.69) is 0 Å². The predicted molar refractivity (Wildman–Crippen MR) is 66.3 cm³/mol. The summed E-state index contributed by atoms with van der Waals surface area (Å²) in [6.07, 6.45) is 6.34. The molecule has 2 fully saturated rings. The summed E-state index contributed by atoms with van der Waals surface area (Å²) in [4.78, 5) is 13.8. The lowest BCUT2D eigenvalue weighted by molar-refractivity contribution is -0.135. The zero-order valence-corrected chi connectivity index (χ0v) is 10.6. The molecule has 2 aliphatic rings. The molecule has 17 heavy (non-hydrogen) atoms. The number of nitrogens with two attached hydrogens (primary N) is 1. The molecular formula is C13H24N2O2. The van der Waals surface area contributed by atoms with Crippen LogP contribution in [0.15, 0.2) is 0 Å². The van der Waals surface area contributed by atoms with Crippen molar-refractivity contribution < 1.29 is 9.90 Å². The van der Waals surface area contributed by atoms with Gasteiger partial charge in [-0.1, -0.05) is 12.8 Å². The first kappa shape index (κ1) is 12.8. The number of carbonyl (C=O) groups is 1. The van der Waals surface area contributed by atoms with E-state index in [-0.39, 0.29) is 24.1 Å². The molecule has 0 spiro atoms. The van der Waals surface area contributed by atoms with Gasteiger partial charge in [0.25, 0.3) is 0 Å². The van der Waals surface area contributed by atoms with Crippen molar-refractivity contribution in [3.63, 3.8) is 0 Å². The highest BCUT2D eigenvalue weighted by atomic mass is 16.3. The van der Waals surface area contributed by atoms with Gasteiger partial charge in [0.15, 0.2) is 0 Å². The molecule has 3 atom stereocenters. The minimum absolute atomic E-state index is 0.00246. The summed E-state index contributed by atoms with van der Waals surface area (Å²) in [5, 5.41) is 9.92. The molecule has 2 saturated carbocycles. The molecule has 0 aromatic carbocycles. The van der Waals surface area contributed by atoms with E-state index in [1.165, 1.54) is 12.8 Å². The molecule has 4 nitrogen and oxygen atoms in total. The van der Waals surface area contributed by atoms with Crippen LogP contribution in [-0.2, 0) is 4.79 Å². The molecule has 4 heteroatoms. The van der Waals surface area contributed by atoms with Crippen molar-refractivity contribution >= 4 is 5.91 Å². The van der Waals surface area contributed by atoms with E-state index in [1.807, 2.05) is 0 Å². The highest BCUT2D eigenvalue weighted by Crippen LogP contribution is 2.33. The van der Waals surface area contributed by atoms with Crippen molar-refractivity contribution in [2.75, 3.05) is 7.05 Å². The summed E-state index contributed by atoms with van der Waals surface area (Å²) >= 11 is 0. The van der Waals surface area contributed by atoms with E-state index in [9.17, 15) is 9.90 Å². The average molecular weight is 240 g/mol. The van der Waals surface area contributed by atoms with Crippen molar-refractivity contribution in [1.29, 1.82) is 0 Å². The number of hydrogen-bond acceptors (Lipinski definition) is 3. The van der Waals surface area contributed by atoms with Gasteiger partial charge in [0.1, 0.15) is 0 Å². The van der Waals surface area contributed by atoms with E-state index in [0.29, 0.717) is 12.3 Å². The molecule has 2 aliphatic carbocycles. The van der Waals surface area contributed by atoms with Crippen LogP contribution in [0.2, 0.25) is 0 Å². The lowest BCUT2D eigenvalue weighted by atomic mass is 9.91. The highest BCUT2D eigenvalue weighted by Gasteiger charge is 2.33. The van der Waals surface area contributed by atoms with Gasteiger partial charge in [-0.2, -0.15) is 0 Å². The third-order valence-corrected chi connectivity index (χ3v) is 4.22. The van der Waals surface area contributed by atoms with E-state index in [0.717, 1.165) is 25.7 Å². The Balaban J connectivity index is 1.84. The van der Waals surface area contributed by atoms with Crippen LogP contribution in [0, 0.1) is 5.92 Å². The van der Waals surface area contributed by atoms with Crippen molar-refractivity contribution in [2.24, 2.45) is 11.7 Å². The second kappa shape index (κ2) is 5.36. The molecule has 0 aromatic rings. The Bertz CT molecular complexity index is 279. The molecule has 0 bridgehead atoms. The first-order chi connectivity index (χ1) is 8.09. The molecule has 3 unspecified atom stereocenters. The predicted octanol–water partition coefficient (Wildman–Crippen LogP) is 0.876. The van der Waals surface area contributed by atoms with Crippen LogP contribution in [0.4, 0.5) is 0 Å². The summed E-state index contributed by atoms with van der Waals surface area (Å²) < 4.78 is 0. The van der Waals surface area contributed by atoms with Gasteiger partial charge in [0.05, 0.1) is 12.1 Å². The number of likely N-dealkylation sites (N-methyl/N-ethyl adjacent to an activating group) is 1. The van der Waals surface area contributed by atoms with Gasteiger partial charge in [0, 0.05) is 19.5 Å². The van der Waals surface area contributed by atoms with Gasteiger partial charge in [-0.05, 0) is 31.6 Å². The van der Waals surface area contributed by atoms with E-state index >= 15 is 0 Å². The Labute approximate surface area is 103 Å². The number of rotatable bonds is 4. The summed E-state index contributed by atoms with van der Waals surface area (Å²) in [6, 6.07) is 0.0216. The maximum Gasteiger partial charge on any atom is 0.224 e. The van der Waals surface area contributed by atoms with Crippen LogP contribution >= 0.6 is 0 Å². The fraction of sp³-hybridized carbons (Fsp3) is 0.923. The Morgan fingerprint density at radius 1 is 1.35 bits per heavy atom. The summed E-state index contributed by atoms with van der Waals surface area (Å²) in [5.74, 6) is 0.652. The van der Waals surface area contributed by atoms with Crippen LogP contribution in [0.25, 0.3) is 0 Å². The van der Waals surface area contributed by atoms with Crippen LogP contribution in [0.5, 0.6) is 0 Å². The number of nitrogens with zero attached hydrogens (tertiary/aromatic N) is 1. The van der Waals surface area contributed by atoms with Crippen LogP contribution in [-0.4, -0.2) is 41.1 Å². The Kier molecular flexibility index (Phi) is 4.05. The lowest BCUT2D eigenvalue weighted by Gasteiger charge is -2.35. The van der Waals surface area contributed by atoms with Crippen LogP contribution in [0.3, 0.4) is 0 Å². The molecule has 0 heterocycles. The molecule has 0 aromatic heterocycles. The zero-order chi connectivity index (χ0) is 12.4. The maximum atomic E-state index is 12.1. The summed E-state index contributed by atoms with van der Waals surface area (Å²) in [5.41, 5.74) is 5.97. The highest BCUT2D eigenvalue weighted by molar-refractivity contribution is 5.77. The molecule has 0 radical (unpaired) electrons. The monoisotopic (exact) mass is 240 g/mol. The first-order valence-electron chi connectivity index (χ1n) is 6.79. The average Bonchev–Trinajstić information content (AvgIpc) is 3.12. The number of amides is 1. The quantitative estimate of drug-likeness (QED) is 0.766. The largest absolute Gasteiger partial charge is 0.391 e. The van der Waals surface area contributed by atoms with E-state index in [1.54, 1.807) is 11.9 Å². The molecule has 3 N–H and O–H groups in total. The third-order valence-electron chi connectivity index (χ3n) is 4.22. The third kappa shape index (κ3) is 3.19. The van der Waals surface area contributed by atoms with Crippen molar-refractivity contribution in [3.8, 4) is 0 Å². The molecule has 2 rings (SSSR count). The van der Waals surface area contributed by atoms with Crippen LogP contribution in [0.1, 0.15) is 44.9 Å². The number of aliphatic hydroxyl groups is 1. The van der Waals surface area contributed by atoms with Gasteiger partial charge in [-0.3, -0.25) is 4.79 Å². The standard InChI is InChI=1S/C13H24N2O2/c1-15(11-4-2-3-5-12(11)16)13(17)8-10(14)9-6-7-9/h9-12,16H,2-8,14H2,1H3. The smallest absolute Gasteiger partial charge is 0.224 e. The van der Waals surface area contributed by atoms with Crippen LogP contribution < -0.4 is 5.73 Å². The van der Waals surface area contributed by atoms with Gasteiger partial charge >= 0.3 is 0 Å². The number of carbonyl (C=O) groups excluding carboxylic acids is 1. The van der Waals surface area contributed by atoms with E-state index < -0.39 is 0 Å². The van der Waals surface area contributed by atoms with E-state index in [4.69, 9.17) is 5.73 Å². The normalized spacial score (nSPS) is 31.0. The summed E-state index contributed by atoms with van der Waals surface area (Å²) in [6.45, 7) is 0. The van der Waals surface area contributed by atoms with Crippen molar-refractivity contribution in [1.82, 2.24) is 4.90 Å². The second-order valence-corrected chi connectivity index (χ2v) is 5.63. The number of aliphatic hydroxyl groups excluding tert-OH is 1. The fourth-order valence-electron chi connectivity index (χ4n) is 2.77. The topological polar surface area (TPSA) is 66.6 Å².